The van der Waals surface area contributed by atoms with Crippen LogP contribution in [0.2, 0.25) is 0 Å². The van der Waals surface area contributed by atoms with Gasteiger partial charge in [0.2, 0.25) is 5.91 Å². The third-order valence-corrected chi connectivity index (χ3v) is 5.23. The van der Waals surface area contributed by atoms with Crippen molar-refractivity contribution in [1.29, 1.82) is 0 Å². The van der Waals surface area contributed by atoms with Crippen LogP contribution in [0.15, 0.2) is 0 Å². The molecule has 1 amide bonds. The highest BCUT2D eigenvalue weighted by molar-refractivity contribution is 5.85. The van der Waals surface area contributed by atoms with Crippen molar-refractivity contribution < 1.29 is 9.53 Å². The van der Waals surface area contributed by atoms with Crippen molar-refractivity contribution in [2.45, 2.75) is 50.6 Å². The van der Waals surface area contributed by atoms with Crippen LogP contribution in [0.5, 0.6) is 0 Å². The topological polar surface area (TPSA) is 70.2 Å². The predicted molar refractivity (Wildman–Crippen MR) is 88.8 cm³/mol. The van der Waals surface area contributed by atoms with E-state index in [0.29, 0.717) is 18.9 Å². The van der Waals surface area contributed by atoms with E-state index in [9.17, 15) is 4.79 Å². The minimum absolute atomic E-state index is 0. The van der Waals surface area contributed by atoms with E-state index < -0.39 is 0 Å². The number of aromatic nitrogens is 2. The molecule has 0 radical (unpaired) electrons. The largest absolute Gasteiger partial charge is 0.378 e. The van der Waals surface area contributed by atoms with Crippen molar-refractivity contribution in [2.75, 3.05) is 26.3 Å². The molecule has 6 nitrogen and oxygen atoms in total. The fourth-order valence-corrected chi connectivity index (χ4v) is 3.64. The molecule has 7 heteroatoms. The van der Waals surface area contributed by atoms with Gasteiger partial charge in [0.25, 0.3) is 0 Å². The zero-order valence-electron chi connectivity index (χ0n) is 13.3. The highest BCUT2D eigenvalue weighted by Gasteiger charge is 2.31. The maximum atomic E-state index is 12.6. The lowest BCUT2D eigenvalue weighted by molar-refractivity contribution is -0.133. The molecule has 1 atom stereocenters. The second-order valence-electron chi connectivity index (χ2n) is 6.69. The first kappa shape index (κ1) is 16.7. The van der Waals surface area contributed by atoms with Crippen LogP contribution in [-0.4, -0.2) is 53.3 Å². The molecule has 1 saturated heterocycles. The normalized spacial score (nSPS) is 24.5. The standard InChI is InChI=1S/C16H24N4O2.ClH/c21-15(8-12-10-22-7-5-17-12)20-6-4-14-13(9-20)16(19-18-14)11-2-1-3-11;/h11-12,17H,1-10H2,(H,18,19);1H. The Hall–Kier alpha value is -1.11. The summed E-state index contributed by atoms with van der Waals surface area (Å²) < 4.78 is 5.44. The van der Waals surface area contributed by atoms with E-state index in [-0.39, 0.29) is 24.4 Å². The lowest BCUT2D eigenvalue weighted by Crippen LogP contribution is -2.46. The Bertz CT molecular complexity index is 552. The highest BCUT2D eigenvalue weighted by Crippen LogP contribution is 2.38. The molecule has 128 valence electrons. The van der Waals surface area contributed by atoms with Gasteiger partial charge >= 0.3 is 0 Å². The molecule has 1 unspecified atom stereocenters. The van der Waals surface area contributed by atoms with E-state index in [2.05, 4.69) is 15.5 Å². The first-order valence-corrected chi connectivity index (χ1v) is 8.46. The second-order valence-corrected chi connectivity index (χ2v) is 6.69. The first-order valence-electron chi connectivity index (χ1n) is 8.46. The molecule has 2 N–H and O–H groups in total. The van der Waals surface area contributed by atoms with Gasteiger partial charge in [-0.3, -0.25) is 9.89 Å². The Kier molecular flexibility index (Phi) is 5.24. The average molecular weight is 341 g/mol. The summed E-state index contributed by atoms with van der Waals surface area (Å²) in [6.45, 7) is 3.76. The van der Waals surface area contributed by atoms with E-state index in [1.807, 2.05) is 4.90 Å². The SMILES string of the molecule is Cl.O=C(CC1COCCN1)N1CCc2[nH]nc(C3CCC3)c2C1. The van der Waals surface area contributed by atoms with Gasteiger partial charge < -0.3 is 15.0 Å². The number of rotatable bonds is 3. The van der Waals surface area contributed by atoms with Crippen molar-refractivity contribution >= 4 is 18.3 Å². The van der Waals surface area contributed by atoms with Gasteiger partial charge in [-0.2, -0.15) is 5.10 Å². The monoisotopic (exact) mass is 340 g/mol. The summed E-state index contributed by atoms with van der Waals surface area (Å²) in [5.41, 5.74) is 3.75. The van der Waals surface area contributed by atoms with Crippen molar-refractivity contribution in [3.63, 3.8) is 0 Å². The molecule has 23 heavy (non-hydrogen) atoms. The molecule has 2 fully saturated rings. The van der Waals surface area contributed by atoms with Crippen molar-refractivity contribution in [3.8, 4) is 0 Å². The van der Waals surface area contributed by atoms with Crippen molar-refractivity contribution in [1.82, 2.24) is 20.4 Å². The van der Waals surface area contributed by atoms with Gasteiger partial charge in [-0.1, -0.05) is 6.42 Å². The summed E-state index contributed by atoms with van der Waals surface area (Å²) in [5, 5.41) is 11.1. The number of nitrogens with zero attached hydrogens (tertiary/aromatic N) is 2. The third kappa shape index (κ3) is 3.39. The molecule has 0 bridgehead atoms. The van der Waals surface area contributed by atoms with Crippen molar-refractivity contribution in [2.24, 2.45) is 0 Å². The number of hydrogen-bond acceptors (Lipinski definition) is 4. The lowest BCUT2D eigenvalue weighted by Gasteiger charge is -2.32. The highest BCUT2D eigenvalue weighted by atomic mass is 35.5. The number of fused-ring (bicyclic) bond motifs is 1. The Labute approximate surface area is 142 Å². The van der Waals surface area contributed by atoms with Crippen LogP contribution in [0.1, 0.15) is 48.6 Å². The number of carbonyl (C=O) groups excluding carboxylic acids is 1. The Morgan fingerprint density at radius 1 is 1.39 bits per heavy atom. The molecular formula is C16H25ClN4O2. The quantitative estimate of drug-likeness (QED) is 0.871. The van der Waals surface area contributed by atoms with Crippen LogP contribution in [0.25, 0.3) is 0 Å². The summed E-state index contributed by atoms with van der Waals surface area (Å²) in [4.78, 5) is 14.6. The van der Waals surface area contributed by atoms with Gasteiger partial charge in [-0.25, -0.2) is 0 Å². The Morgan fingerprint density at radius 2 is 2.26 bits per heavy atom. The fourth-order valence-electron chi connectivity index (χ4n) is 3.64. The van der Waals surface area contributed by atoms with Crippen LogP contribution in [0, 0.1) is 0 Å². The van der Waals surface area contributed by atoms with Crippen molar-refractivity contribution in [3.05, 3.63) is 17.0 Å². The average Bonchev–Trinajstić information content (AvgIpc) is 2.90. The number of aromatic amines is 1. The van der Waals surface area contributed by atoms with Crippen LogP contribution in [0.4, 0.5) is 0 Å². The number of amides is 1. The summed E-state index contributed by atoms with van der Waals surface area (Å²) >= 11 is 0. The first-order chi connectivity index (χ1) is 10.8. The molecule has 0 spiro atoms. The molecule has 1 aliphatic carbocycles. The van der Waals surface area contributed by atoms with Crippen LogP contribution in [0.3, 0.4) is 0 Å². The van der Waals surface area contributed by atoms with E-state index in [1.165, 1.54) is 36.2 Å². The summed E-state index contributed by atoms with van der Waals surface area (Å²) in [6.07, 6.45) is 5.23. The maximum absolute atomic E-state index is 12.6. The van der Waals surface area contributed by atoms with Gasteiger partial charge in [-0.15, -0.1) is 12.4 Å². The minimum Gasteiger partial charge on any atom is -0.378 e. The zero-order valence-corrected chi connectivity index (χ0v) is 14.2. The number of carbonyl (C=O) groups is 1. The zero-order chi connectivity index (χ0) is 14.9. The smallest absolute Gasteiger partial charge is 0.224 e. The van der Waals surface area contributed by atoms with Gasteiger partial charge in [0, 0.05) is 55.7 Å². The van der Waals surface area contributed by atoms with E-state index >= 15 is 0 Å². The van der Waals surface area contributed by atoms with E-state index in [0.717, 1.165) is 32.7 Å². The molecule has 3 aliphatic rings. The van der Waals surface area contributed by atoms with Gasteiger partial charge in [0.15, 0.2) is 0 Å². The van der Waals surface area contributed by atoms with E-state index in [1.54, 1.807) is 0 Å². The summed E-state index contributed by atoms with van der Waals surface area (Å²) in [5.74, 6) is 0.845. The second kappa shape index (κ2) is 7.20. The molecule has 0 aromatic carbocycles. The number of hydrogen-bond donors (Lipinski definition) is 2. The molecule has 1 saturated carbocycles. The van der Waals surface area contributed by atoms with Gasteiger partial charge in [0.1, 0.15) is 0 Å². The van der Waals surface area contributed by atoms with Gasteiger partial charge in [-0.05, 0) is 12.8 Å². The molecule has 3 heterocycles. The number of H-pyrrole nitrogens is 1. The predicted octanol–water partition coefficient (Wildman–Crippen LogP) is 1.36. The fraction of sp³-hybridized carbons (Fsp3) is 0.750. The van der Waals surface area contributed by atoms with Crippen LogP contribution < -0.4 is 5.32 Å². The number of ether oxygens (including phenoxy) is 1. The Morgan fingerprint density at radius 3 is 2.96 bits per heavy atom. The number of nitrogens with one attached hydrogen (secondary N) is 2. The maximum Gasteiger partial charge on any atom is 0.224 e. The third-order valence-electron chi connectivity index (χ3n) is 5.23. The minimum atomic E-state index is 0. The molecular weight excluding hydrogens is 316 g/mol. The molecule has 1 aromatic heterocycles. The summed E-state index contributed by atoms with van der Waals surface area (Å²) in [7, 11) is 0. The van der Waals surface area contributed by atoms with Gasteiger partial charge in [0.05, 0.1) is 18.9 Å². The molecule has 1 aromatic rings. The Balaban J connectivity index is 0.00000156. The molecule has 4 rings (SSSR count). The number of halogens is 1. The van der Waals surface area contributed by atoms with Crippen LogP contribution in [-0.2, 0) is 22.5 Å². The number of morpholine rings is 1. The lowest BCUT2D eigenvalue weighted by atomic mass is 9.81. The molecule has 2 aliphatic heterocycles. The summed E-state index contributed by atoms with van der Waals surface area (Å²) in [6, 6.07) is 0.165. The van der Waals surface area contributed by atoms with Crippen LogP contribution >= 0.6 is 12.4 Å². The van der Waals surface area contributed by atoms with E-state index in [4.69, 9.17) is 4.74 Å².